The minimum Gasteiger partial charge on any atom is -0.462 e. The molecule has 3 rings (SSSR count). The fraction of sp³-hybridized carbons (Fsp3) is 0.211. The maximum absolute atomic E-state index is 12.3. The van der Waals surface area contributed by atoms with Gasteiger partial charge in [-0.1, -0.05) is 13.3 Å². The van der Waals surface area contributed by atoms with Gasteiger partial charge in [0.1, 0.15) is 5.52 Å². The third kappa shape index (κ3) is 4.03. The summed E-state index contributed by atoms with van der Waals surface area (Å²) in [5.74, 6) is -0.619. The predicted molar refractivity (Wildman–Crippen MR) is 93.6 cm³/mol. The molecular weight excluding hydrogens is 320 g/mol. The van der Waals surface area contributed by atoms with E-state index in [2.05, 4.69) is 10.3 Å². The van der Waals surface area contributed by atoms with Crippen LogP contribution in [0, 0.1) is 0 Å². The van der Waals surface area contributed by atoms with Gasteiger partial charge in [0.25, 0.3) is 5.91 Å². The van der Waals surface area contributed by atoms with Crippen LogP contribution in [0.5, 0.6) is 0 Å². The van der Waals surface area contributed by atoms with Gasteiger partial charge in [0.2, 0.25) is 0 Å². The largest absolute Gasteiger partial charge is 0.462 e. The van der Waals surface area contributed by atoms with E-state index >= 15 is 0 Å². The molecule has 0 spiro atoms. The van der Waals surface area contributed by atoms with Crippen molar-refractivity contribution in [1.29, 1.82) is 0 Å². The van der Waals surface area contributed by atoms with E-state index in [1.165, 1.54) is 6.39 Å². The molecule has 128 valence electrons. The van der Waals surface area contributed by atoms with Gasteiger partial charge < -0.3 is 14.5 Å². The number of anilines is 1. The predicted octanol–water partition coefficient (Wildman–Crippen LogP) is 4.04. The van der Waals surface area contributed by atoms with Gasteiger partial charge in [0, 0.05) is 11.3 Å². The normalized spacial score (nSPS) is 10.6. The summed E-state index contributed by atoms with van der Waals surface area (Å²) in [6, 6.07) is 11.6. The van der Waals surface area contributed by atoms with Gasteiger partial charge in [-0.25, -0.2) is 9.78 Å². The number of nitrogens with one attached hydrogen (secondary N) is 1. The van der Waals surface area contributed by atoms with E-state index in [0.29, 0.717) is 34.5 Å². The topological polar surface area (TPSA) is 81.4 Å². The third-order valence-electron chi connectivity index (χ3n) is 3.70. The second-order valence-corrected chi connectivity index (χ2v) is 5.56. The van der Waals surface area contributed by atoms with E-state index in [0.717, 1.165) is 12.8 Å². The Morgan fingerprint density at radius 2 is 1.88 bits per heavy atom. The number of hydrogen-bond donors (Lipinski definition) is 1. The summed E-state index contributed by atoms with van der Waals surface area (Å²) in [4.78, 5) is 28.2. The van der Waals surface area contributed by atoms with Crippen molar-refractivity contribution in [1.82, 2.24) is 4.98 Å². The number of amides is 1. The summed E-state index contributed by atoms with van der Waals surface area (Å²) in [6.07, 6.45) is 3.15. The van der Waals surface area contributed by atoms with Gasteiger partial charge in [-0.2, -0.15) is 0 Å². The van der Waals surface area contributed by atoms with Crippen molar-refractivity contribution in [3.05, 3.63) is 60.0 Å². The van der Waals surface area contributed by atoms with Crippen molar-refractivity contribution in [2.24, 2.45) is 0 Å². The number of carbonyl (C=O) groups excluding carboxylic acids is 2. The van der Waals surface area contributed by atoms with Crippen LogP contribution < -0.4 is 5.32 Å². The number of aromatic nitrogens is 1. The molecule has 1 amide bonds. The minimum atomic E-state index is -0.359. The van der Waals surface area contributed by atoms with Crippen LogP contribution in [0.25, 0.3) is 11.1 Å². The Kier molecular flexibility index (Phi) is 5.09. The molecule has 6 heteroatoms. The molecule has 0 bridgehead atoms. The van der Waals surface area contributed by atoms with Crippen LogP contribution in [0.4, 0.5) is 5.69 Å². The summed E-state index contributed by atoms with van der Waals surface area (Å²) >= 11 is 0. The van der Waals surface area contributed by atoms with Crippen LogP contribution in [0.15, 0.2) is 53.3 Å². The minimum absolute atomic E-state index is 0.261. The zero-order valence-corrected chi connectivity index (χ0v) is 13.8. The first-order chi connectivity index (χ1) is 12.2. The lowest BCUT2D eigenvalue weighted by Gasteiger charge is -2.07. The van der Waals surface area contributed by atoms with Gasteiger partial charge in [0.15, 0.2) is 12.0 Å². The number of hydrogen-bond acceptors (Lipinski definition) is 5. The van der Waals surface area contributed by atoms with Gasteiger partial charge in [0.05, 0.1) is 12.2 Å². The van der Waals surface area contributed by atoms with Crippen LogP contribution >= 0.6 is 0 Å². The maximum Gasteiger partial charge on any atom is 0.338 e. The first-order valence-electron chi connectivity index (χ1n) is 8.09. The van der Waals surface area contributed by atoms with Crippen LogP contribution in [0.3, 0.4) is 0 Å². The number of benzene rings is 2. The highest BCUT2D eigenvalue weighted by molar-refractivity contribution is 6.06. The molecular formula is C19H18N2O4. The Bertz CT molecular complexity index is 884. The van der Waals surface area contributed by atoms with Crippen molar-refractivity contribution < 1.29 is 18.7 Å². The molecule has 1 aromatic heterocycles. The Labute approximate surface area is 144 Å². The highest BCUT2D eigenvalue weighted by Crippen LogP contribution is 2.16. The van der Waals surface area contributed by atoms with Gasteiger partial charge >= 0.3 is 5.97 Å². The van der Waals surface area contributed by atoms with E-state index < -0.39 is 0 Å². The number of oxazole rings is 1. The summed E-state index contributed by atoms with van der Waals surface area (Å²) in [6.45, 7) is 2.45. The Balaban J connectivity index is 1.64. The molecule has 0 saturated heterocycles. The van der Waals surface area contributed by atoms with Crippen LogP contribution in [0.2, 0.25) is 0 Å². The van der Waals surface area contributed by atoms with Crippen LogP contribution in [0.1, 0.15) is 40.5 Å². The van der Waals surface area contributed by atoms with Gasteiger partial charge in [-0.15, -0.1) is 0 Å². The van der Waals surface area contributed by atoms with E-state index in [1.807, 2.05) is 6.92 Å². The molecule has 0 aliphatic carbocycles. The molecule has 0 atom stereocenters. The lowest BCUT2D eigenvalue weighted by Crippen LogP contribution is -2.12. The second kappa shape index (κ2) is 7.61. The number of nitrogens with zero attached hydrogens (tertiary/aromatic N) is 1. The second-order valence-electron chi connectivity index (χ2n) is 5.56. The molecule has 2 aromatic carbocycles. The van der Waals surface area contributed by atoms with Gasteiger partial charge in [-0.05, 0) is 48.9 Å². The summed E-state index contributed by atoms with van der Waals surface area (Å²) in [5, 5.41) is 2.78. The molecule has 0 aliphatic heterocycles. The Hall–Kier alpha value is -3.15. The average molecular weight is 338 g/mol. The number of rotatable bonds is 6. The number of esters is 1. The quantitative estimate of drug-likeness (QED) is 0.542. The molecule has 0 fully saturated rings. The third-order valence-corrected chi connectivity index (χ3v) is 3.70. The molecule has 0 aliphatic rings. The highest BCUT2D eigenvalue weighted by Gasteiger charge is 2.10. The molecule has 0 radical (unpaired) electrons. The molecule has 1 N–H and O–H groups in total. The molecule has 0 saturated carbocycles. The van der Waals surface area contributed by atoms with Crippen molar-refractivity contribution in [3.8, 4) is 0 Å². The summed E-state index contributed by atoms with van der Waals surface area (Å²) in [7, 11) is 0. The number of carbonyl (C=O) groups is 2. The number of unbranched alkanes of at least 4 members (excludes halogenated alkanes) is 1. The fourth-order valence-corrected chi connectivity index (χ4v) is 2.28. The summed E-state index contributed by atoms with van der Waals surface area (Å²) in [5.41, 5.74) is 2.78. The van der Waals surface area contributed by atoms with E-state index in [1.54, 1.807) is 42.5 Å². The van der Waals surface area contributed by atoms with Crippen LogP contribution in [-0.2, 0) is 4.74 Å². The maximum atomic E-state index is 12.3. The van der Waals surface area contributed by atoms with Crippen molar-refractivity contribution in [3.63, 3.8) is 0 Å². The average Bonchev–Trinajstić information content (AvgIpc) is 3.10. The Morgan fingerprint density at radius 3 is 2.64 bits per heavy atom. The molecule has 25 heavy (non-hydrogen) atoms. The first kappa shape index (κ1) is 16.7. The van der Waals surface area contributed by atoms with Crippen molar-refractivity contribution in [2.75, 3.05) is 11.9 Å². The zero-order chi connectivity index (χ0) is 17.6. The standard InChI is InChI=1S/C19H18N2O4/c1-2-3-10-24-19(23)13-4-7-15(8-5-13)21-18(22)14-6-9-17-16(11-14)20-12-25-17/h4-9,11-12H,2-3,10H2,1H3,(H,21,22). The smallest absolute Gasteiger partial charge is 0.338 e. The number of ether oxygens (including phenoxy) is 1. The van der Waals surface area contributed by atoms with E-state index in [4.69, 9.17) is 9.15 Å². The highest BCUT2D eigenvalue weighted by atomic mass is 16.5. The monoisotopic (exact) mass is 338 g/mol. The fourth-order valence-electron chi connectivity index (χ4n) is 2.28. The van der Waals surface area contributed by atoms with Gasteiger partial charge in [-0.3, -0.25) is 4.79 Å². The molecule has 6 nitrogen and oxygen atoms in total. The van der Waals surface area contributed by atoms with Crippen LogP contribution in [-0.4, -0.2) is 23.5 Å². The van der Waals surface area contributed by atoms with E-state index in [9.17, 15) is 9.59 Å². The molecule has 3 aromatic rings. The summed E-state index contributed by atoms with van der Waals surface area (Å²) < 4.78 is 10.3. The zero-order valence-electron chi connectivity index (χ0n) is 13.8. The molecule has 0 unspecified atom stereocenters. The number of fused-ring (bicyclic) bond motifs is 1. The molecule has 1 heterocycles. The first-order valence-corrected chi connectivity index (χ1v) is 8.09. The van der Waals surface area contributed by atoms with Crippen molar-refractivity contribution in [2.45, 2.75) is 19.8 Å². The SMILES string of the molecule is CCCCOC(=O)c1ccc(NC(=O)c2ccc3ocnc3c2)cc1. The lowest BCUT2D eigenvalue weighted by atomic mass is 10.1. The Morgan fingerprint density at radius 1 is 1.12 bits per heavy atom. The van der Waals surface area contributed by atoms with Crippen molar-refractivity contribution >= 4 is 28.7 Å². The lowest BCUT2D eigenvalue weighted by molar-refractivity contribution is 0.0499. The van der Waals surface area contributed by atoms with E-state index in [-0.39, 0.29) is 11.9 Å².